The molecule has 6 heteroatoms. The van der Waals surface area contributed by atoms with Gasteiger partial charge in [-0.3, -0.25) is 0 Å². The highest BCUT2D eigenvalue weighted by Crippen LogP contribution is 2.33. The monoisotopic (exact) mass is 373 g/mol. The molecule has 20 heavy (non-hydrogen) atoms. The number of halogens is 3. The Balaban J connectivity index is 2.24. The molecule has 2 aromatic carbocycles. The lowest BCUT2D eigenvalue weighted by atomic mass is 10.2. The second-order valence-electron chi connectivity index (χ2n) is 4.04. The van der Waals surface area contributed by atoms with Gasteiger partial charge >= 0.3 is 0 Å². The highest BCUT2D eigenvalue weighted by atomic mass is 79.9. The maximum Gasteiger partial charge on any atom is 0.144 e. The van der Waals surface area contributed by atoms with Gasteiger partial charge in [0.1, 0.15) is 23.2 Å². The van der Waals surface area contributed by atoms with Crippen molar-refractivity contribution in [2.75, 3.05) is 0 Å². The summed E-state index contributed by atoms with van der Waals surface area (Å²) >= 11 is 14.3. The van der Waals surface area contributed by atoms with Crippen molar-refractivity contribution in [2.24, 2.45) is 5.73 Å². The van der Waals surface area contributed by atoms with Crippen molar-refractivity contribution in [3.63, 3.8) is 0 Å². The Bertz CT molecular complexity index is 648. The van der Waals surface area contributed by atoms with E-state index < -0.39 is 0 Å². The highest BCUT2D eigenvalue weighted by molar-refractivity contribution is 9.10. The molecule has 0 radical (unpaired) electrons. The topological polar surface area (TPSA) is 35.2 Å². The van der Waals surface area contributed by atoms with Gasteiger partial charge in [0.05, 0.1) is 10.0 Å². The van der Waals surface area contributed by atoms with Crippen molar-refractivity contribution < 1.29 is 9.13 Å². The van der Waals surface area contributed by atoms with Gasteiger partial charge < -0.3 is 10.5 Å². The molecule has 0 saturated heterocycles. The number of nitrogens with two attached hydrogens (primary N) is 1. The maximum atomic E-state index is 12.8. The van der Waals surface area contributed by atoms with Crippen LogP contribution in [0.5, 0.6) is 5.75 Å². The summed E-state index contributed by atoms with van der Waals surface area (Å²) in [5, 5.41) is 0.508. The summed E-state index contributed by atoms with van der Waals surface area (Å²) in [6.45, 7) is 0.274. The molecule has 0 spiro atoms. The molecule has 0 heterocycles. The third-order valence-corrected chi connectivity index (χ3v) is 3.60. The number of rotatable bonds is 4. The summed E-state index contributed by atoms with van der Waals surface area (Å²) < 4.78 is 19.2. The molecule has 2 nitrogen and oxygen atoms in total. The van der Waals surface area contributed by atoms with Crippen molar-refractivity contribution in [3.8, 4) is 5.75 Å². The molecule has 0 aromatic heterocycles. The Morgan fingerprint density at radius 2 is 1.95 bits per heavy atom. The lowest BCUT2D eigenvalue weighted by Crippen LogP contribution is -2.12. The van der Waals surface area contributed by atoms with Crippen LogP contribution in [-0.2, 0) is 6.61 Å². The van der Waals surface area contributed by atoms with Crippen LogP contribution in [0.2, 0.25) is 5.02 Å². The van der Waals surface area contributed by atoms with E-state index in [9.17, 15) is 4.39 Å². The zero-order chi connectivity index (χ0) is 14.7. The molecule has 0 aliphatic rings. The molecule has 0 bridgehead atoms. The molecule has 0 amide bonds. The predicted molar refractivity (Wildman–Crippen MR) is 85.8 cm³/mol. The largest absolute Gasteiger partial charge is 0.487 e. The predicted octanol–water partition coefficient (Wildman–Crippen LogP) is 4.45. The zero-order valence-corrected chi connectivity index (χ0v) is 13.4. The third kappa shape index (κ3) is 3.69. The van der Waals surface area contributed by atoms with E-state index in [1.165, 1.54) is 12.1 Å². The van der Waals surface area contributed by atoms with Crippen molar-refractivity contribution in [1.29, 1.82) is 0 Å². The van der Waals surface area contributed by atoms with Crippen LogP contribution in [0.1, 0.15) is 11.1 Å². The van der Waals surface area contributed by atoms with Gasteiger partial charge in [0.2, 0.25) is 0 Å². The molecular formula is C14H10BrClFNOS. The van der Waals surface area contributed by atoms with Gasteiger partial charge in [-0.2, -0.15) is 0 Å². The molecule has 0 atom stereocenters. The fraction of sp³-hybridized carbons (Fsp3) is 0.0714. The lowest BCUT2D eigenvalue weighted by molar-refractivity contribution is 0.303. The Morgan fingerprint density at radius 3 is 2.55 bits per heavy atom. The SMILES string of the molecule is NC(=S)c1cc(Cl)cc(Br)c1OCc1ccc(F)cc1. The van der Waals surface area contributed by atoms with E-state index in [1.54, 1.807) is 24.3 Å². The third-order valence-electron chi connectivity index (χ3n) is 2.57. The molecule has 0 aliphatic heterocycles. The summed E-state index contributed by atoms with van der Waals surface area (Å²) in [6, 6.07) is 9.41. The molecule has 0 saturated carbocycles. The fourth-order valence-electron chi connectivity index (χ4n) is 1.63. The number of hydrogen-bond acceptors (Lipinski definition) is 2. The van der Waals surface area contributed by atoms with Gasteiger partial charge in [-0.15, -0.1) is 0 Å². The van der Waals surface area contributed by atoms with E-state index in [0.717, 1.165) is 5.56 Å². The smallest absolute Gasteiger partial charge is 0.144 e. The summed E-state index contributed by atoms with van der Waals surface area (Å²) in [7, 11) is 0. The van der Waals surface area contributed by atoms with Crippen molar-refractivity contribution >= 4 is 44.7 Å². The number of ether oxygens (including phenoxy) is 1. The van der Waals surface area contributed by atoms with Crippen molar-refractivity contribution in [3.05, 3.63) is 62.8 Å². The van der Waals surface area contributed by atoms with Gasteiger partial charge in [0, 0.05) is 5.02 Å². The van der Waals surface area contributed by atoms with Crippen molar-refractivity contribution in [1.82, 2.24) is 0 Å². The Morgan fingerprint density at radius 1 is 1.30 bits per heavy atom. The van der Waals surface area contributed by atoms with Crippen LogP contribution >= 0.6 is 39.7 Å². The second kappa shape index (κ2) is 6.52. The van der Waals surface area contributed by atoms with Crippen LogP contribution in [0, 0.1) is 5.82 Å². The van der Waals surface area contributed by atoms with Gasteiger partial charge in [0.15, 0.2) is 0 Å². The lowest BCUT2D eigenvalue weighted by Gasteiger charge is -2.13. The first kappa shape index (κ1) is 15.2. The standard InChI is InChI=1S/C14H10BrClFNOS/c15-12-6-9(16)5-11(14(18)20)13(12)19-7-8-1-3-10(17)4-2-8/h1-6H,7H2,(H2,18,20). The molecule has 0 fully saturated rings. The quantitative estimate of drug-likeness (QED) is 0.803. The van der Waals surface area contributed by atoms with Gasteiger partial charge in [-0.05, 0) is 45.8 Å². The molecular weight excluding hydrogens is 365 g/mol. The maximum absolute atomic E-state index is 12.8. The van der Waals surface area contributed by atoms with Gasteiger partial charge in [-0.1, -0.05) is 36.0 Å². The zero-order valence-electron chi connectivity index (χ0n) is 10.2. The van der Waals surface area contributed by atoms with E-state index in [1.807, 2.05) is 0 Å². The Kier molecular flexibility index (Phi) is 4.96. The van der Waals surface area contributed by atoms with Crippen LogP contribution in [0.4, 0.5) is 4.39 Å². The first-order valence-corrected chi connectivity index (χ1v) is 7.21. The van der Waals surface area contributed by atoms with Gasteiger partial charge in [-0.25, -0.2) is 4.39 Å². The van der Waals surface area contributed by atoms with Crippen LogP contribution < -0.4 is 10.5 Å². The fourth-order valence-corrected chi connectivity index (χ4v) is 2.70. The van der Waals surface area contributed by atoms with E-state index >= 15 is 0 Å². The van der Waals surface area contributed by atoms with E-state index in [0.29, 0.717) is 20.8 Å². The minimum absolute atomic E-state index is 0.197. The molecule has 2 N–H and O–H groups in total. The minimum Gasteiger partial charge on any atom is -0.487 e. The molecule has 2 aromatic rings. The van der Waals surface area contributed by atoms with E-state index in [2.05, 4.69) is 15.9 Å². The Labute approximate surface area is 134 Å². The van der Waals surface area contributed by atoms with E-state index in [4.69, 9.17) is 34.3 Å². The van der Waals surface area contributed by atoms with Gasteiger partial charge in [0.25, 0.3) is 0 Å². The minimum atomic E-state index is -0.287. The summed E-state index contributed by atoms with van der Waals surface area (Å²) in [5.74, 6) is 0.233. The van der Waals surface area contributed by atoms with E-state index in [-0.39, 0.29) is 17.4 Å². The normalized spacial score (nSPS) is 10.3. The average molecular weight is 375 g/mol. The van der Waals surface area contributed by atoms with Crippen LogP contribution in [0.25, 0.3) is 0 Å². The van der Waals surface area contributed by atoms with Crippen LogP contribution in [-0.4, -0.2) is 4.99 Å². The average Bonchev–Trinajstić information content (AvgIpc) is 2.38. The number of thiocarbonyl (C=S) groups is 1. The summed E-state index contributed by atoms with van der Waals surface area (Å²) in [4.78, 5) is 0.197. The number of benzene rings is 2. The molecule has 2 rings (SSSR count). The number of hydrogen-bond donors (Lipinski definition) is 1. The first-order valence-electron chi connectivity index (χ1n) is 5.63. The highest BCUT2D eigenvalue weighted by Gasteiger charge is 2.13. The molecule has 0 aliphatic carbocycles. The summed E-state index contributed by atoms with van der Waals surface area (Å²) in [6.07, 6.45) is 0. The van der Waals surface area contributed by atoms with Crippen LogP contribution in [0.15, 0.2) is 40.9 Å². The molecule has 0 unspecified atom stereocenters. The van der Waals surface area contributed by atoms with Crippen molar-refractivity contribution in [2.45, 2.75) is 6.61 Å². The second-order valence-corrected chi connectivity index (χ2v) is 5.77. The van der Waals surface area contributed by atoms with Crippen LogP contribution in [0.3, 0.4) is 0 Å². The summed E-state index contributed by atoms with van der Waals surface area (Å²) in [5.41, 5.74) is 7.06. The molecule has 104 valence electrons. The first-order chi connectivity index (χ1) is 9.47. The Hall–Kier alpha value is -1.17.